The van der Waals surface area contributed by atoms with E-state index in [0.29, 0.717) is 48.9 Å². The molecule has 0 bridgehead atoms. The summed E-state index contributed by atoms with van der Waals surface area (Å²) < 4.78 is 6.56. The number of benzene rings is 2. The molecule has 38 heavy (non-hydrogen) atoms. The van der Waals surface area contributed by atoms with E-state index >= 15 is 0 Å². The van der Waals surface area contributed by atoms with Gasteiger partial charge in [0.2, 0.25) is 5.65 Å². The van der Waals surface area contributed by atoms with Gasteiger partial charge in [-0.25, -0.2) is 4.98 Å². The standard InChI is InChI=1S/C24H21N9O2.C3H8.H2/c1-16(19-10-15-35-28-19)31-11-13-32(14-12-31)24(34)17-6-8-18(9-7-17)25-22-23-27-29-30-33(23)21-5-3-2-4-20(21)26-22;1-3-2;/h2-10,15H,1,11-14H2,(H,25,26);3H2,1-2H3;1H. The highest BCUT2D eigenvalue weighted by Crippen LogP contribution is 2.23. The number of aromatic nitrogens is 6. The van der Waals surface area contributed by atoms with Crippen LogP contribution in [0.4, 0.5) is 11.5 Å². The Morgan fingerprint density at radius 1 is 1.03 bits per heavy atom. The highest BCUT2D eigenvalue weighted by atomic mass is 16.5. The van der Waals surface area contributed by atoms with Crippen LogP contribution in [0.25, 0.3) is 22.4 Å². The zero-order chi connectivity index (χ0) is 26.5. The van der Waals surface area contributed by atoms with Gasteiger partial charge < -0.3 is 19.6 Å². The third kappa shape index (κ3) is 5.03. The third-order valence-electron chi connectivity index (χ3n) is 6.10. The fourth-order valence-corrected chi connectivity index (χ4v) is 4.21. The molecule has 4 heterocycles. The Bertz CT molecular complexity index is 1540. The lowest BCUT2D eigenvalue weighted by Crippen LogP contribution is -2.47. The van der Waals surface area contributed by atoms with E-state index in [0.717, 1.165) is 22.4 Å². The summed E-state index contributed by atoms with van der Waals surface area (Å²) in [6.45, 7) is 10.9. The number of nitrogens with one attached hydrogen (secondary N) is 1. The van der Waals surface area contributed by atoms with Gasteiger partial charge in [-0.2, -0.15) is 4.52 Å². The van der Waals surface area contributed by atoms with E-state index in [2.05, 4.69) is 56.3 Å². The van der Waals surface area contributed by atoms with Crippen molar-refractivity contribution in [2.75, 3.05) is 31.5 Å². The van der Waals surface area contributed by atoms with Crippen LogP contribution in [0.1, 0.15) is 37.7 Å². The minimum absolute atomic E-state index is 0. The molecule has 0 radical (unpaired) electrons. The van der Waals surface area contributed by atoms with E-state index in [4.69, 9.17) is 4.52 Å². The van der Waals surface area contributed by atoms with Crippen molar-refractivity contribution in [3.63, 3.8) is 0 Å². The molecule has 3 aromatic heterocycles. The molecular weight excluding hydrogens is 482 g/mol. The maximum absolute atomic E-state index is 13.1. The number of hydrogen-bond donors (Lipinski definition) is 1. The maximum atomic E-state index is 13.1. The van der Waals surface area contributed by atoms with Crippen molar-refractivity contribution in [2.45, 2.75) is 20.3 Å². The molecule has 5 aromatic rings. The Labute approximate surface area is 221 Å². The van der Waals surface area contributed by atoms with E-state index in [1.165, 1.54) is 12.7 Å². The zero-order valence-corrected chi connectivity index (χ0v) is 21.4. The van der Waals surface area contributed by atoms with Crippen LogP contribution in [0.3, 0.4) is 0 Å². The highest BCUT2D eigenvalue weighted by Gasteiger charge is 2.24. The van der Waals surface area contributed by atoms with Crippen molar-refractivity contribution in [1.29, 1.82) is 0 Å². The van der Waals surface area contributed by atoms with Crippen LogP contribution in [-0.2, 0) is 0 Å². The number of rotatable bonds is 5. The molecule has 0 aliphatic carbocycles. The molecular formula is C27H31N9O2. The van der Waals surface area contributed by atoms with Crippen LogP contribution in [0.15, 0.2) is 72.0 Å². The first-order valence-electron chi connectivity index (χ1n) is 12.6. The van der Waals surface area contributed by atoms with E-state index in [9.17, 15) is 4.79 Å². The zero-order valence-electron chi connectivity index (χ0n) is 21.4. The number of para-hydroxylation sites is 2. The number of carbonyl (C=O) groups excluding carboxylic acids is 1. The summed E-state index contributed by atoms with van der Waals surface area (Å²) in [5.41, 5.74) is 5.04. The summed E-state index contributed by atoms with van der Waals surface area (Å²) >= 11 is 0. The molecule has 11 nitrogen and oxygen atoms in total. The molecule has 2 aromatic carbocycles. The van der Waals surface area contributed by atoms with Crippen LogP contribution in [0.5, 0.6) is 0 Å². The number of nitrogens with zero attached hydrogens (tertiary/aromatic N) is 8. The molecule has 1 aliphatic heterocycles. The van der Waals surface area contributed by atoms with Gasteiger partial charge in [-0.1, -0.05) is 44.1 Å². The summed E-state index contributed by atoms with van der Waals surface area (Å²) in [4.78, 5) is 21.7. The molecule has 11 heteroatoms. The molecule has 0 saturated carbocycles. The second kappa shape index (κ2) is 11.1. The fourth-order valence-electron chi connectivity index (χ4n) is 4.21. The molecule has 6 rings (SSSR count). The van der Waals surface area contributed by atoms with Gasteiger partial charge in [-0.15, -0.1) is 5.10 Å². The normalized spacial score (nSPS) is 13.3. The fraction of sp³-hybridized carbons (Fsp3) is 0.259. The lowest BCUT2D eigenvalue weighted by molar-refractivity contribution is 0.0686. The van der Waals surface area contributed by atoms with Crippen LogP contribution in [-0.4, -0.2) is 72.1 Å². The molecule has 1 saturated heterocycles. The van der Waals surface area contributed by atoms with Crippen LogP contribution < -0.4 is 5.32 Å². The van der Waals surface area contributed by atoms with Crippen molar-refractivity contribution in [3.8, 4) is 0 Å². The van der Waals surface area contributed by atoms with E-state index in [1.807, 2.05) is 53.4 Å². The van der Waals surface area contributed by atoms with Gasteiger partial charge in [0.05, 0.1) is 16.7 Å². The van der Waals surface area contributed by atoms with Gasteiger partial charge in [-0.05, 0) is 46.8 Å². The van der Waals surface area contributed by atoms with Crippen LogP contribution in [0.2, 0.25) is 0 Å². The van der Waals surface area contributed by atoms with E-state index in [1.54, 1.807) is 10.6 Å². The monoisotopic (exact) mass is 513 g/mol. The third-order valence-corrected chi connectivity index (χ3v) is 6.10. The van der Waals surface area contributed by atoms with Crippen molar-refractivity contribution in [3.05, 3.63) is 78.7 Å². The lowest BCUT2D eigenvalue weighted by Gasteiger charge is -2.36. The smallest absolute Gasteiger partial charge is 0.253 e. The van der Waals surface area contributed by atoms with Crippen molar-refractivity contribution >= 4 is 39.8 Å². The molecule has 0 unspecified atom stereocenters. The summed E-state index contributed by atoms with van der Waals surface area (Å²) in [7, 11) is 0. The topological polar surface area (TPSA) is 118 Å². The SMILES string of the molecule is C=C(c1ccon1)N1CCN(C(=O)c2ccc(Nc3nc4ccccc4n4nnnc34)cc2)CC1.CCC.[HH]. The first kappa shape index (κ1) is 24.9. The Morgan fingerprint density at radius 3 is 2.45 bits per heavy atom. The second-order valence-electron chi connectivity index (χ2n) is 8.88. The first-order valence-corrected chi connectivity index (χ1v) is 12.6. The van der Waals surface area contributed by atoms with Gasteiger partial charge in [0, 0.05) is 44.9 Å². The van der Waals surface area contributed by atoms with Crippen molar-refractivity contribution < 1.29 is 10.7 Å². The predicted octanol–water partition coefficient (Wildman–Crippen LogP) is 4.50. The number of amides is 1. The number of hydrogen-bond acceptors (Lipinski definition) is 9. The number of carbonyl (C=O) groups is 1. The Morgan fingerprint density at radius 2 is 1.74 bits per heavy atom. The Balaban J connectivity index is 0.000000845. The lowest BCUT2D eigenvalue weighted by atomic mass is 10.1. The van der Waals surface area contributed by atoms with E-state index < -0.39 is 0 Å². The molecule has 196 valence electrons. The van der Waals surface area contributed by atoms with Gasteiger partial charge in [0.15, 0.2) is 5.82 Å². The molecule has 0 atom stereocenters. The van der Waals surface area contributed by atoms with Crippen LogP contribution >= 0.6 is 0 Å². The molecule has 0 spiro atoms. The predicted molar refractivity (Wildman–Crippen MR) is 147 cm³/mol. The van der Waals surface area contributed by atoms with Gasteiger partial charge in [0.25, 0.3) is 5.91 Å². The maximum Gasteiger partial charge on any atom is 0.253 e. The number of tetrazole rings is 1. The van der Waals surface area contributed by atoms with Gasteiger partial charge in [0.1, 0.15) is 12.0 Å². The largest absolute Gasteiger partial charge is 0.367 e. The number of fused-ring (bicyclic) bond motifs is 3. The van der Waals surface area contributed by atoms with Crippen molar-refractivity contribution in [2.24, 2.45) is 0 Å². The average Bonchev–Trinajstić information content (AvgIpc) is 3.67. The highest BCUT2D eigenvalue weighted by molar-refractivity contribution is 5.95. The Kier molecular flexibility index (Phi) is 7.25. The summed E-state index contributed by atoms with van der Waals surface area (Å²) in [5, 5.41) is 19.2. The first-order chi connectivity index (χ1) is 18.6. The summed E-state index contributed by atoms with van der Waals surface area (Å²) in [6, 6.07) is 16.8. The van der Waals surface area contributed by atoms with E-state index in [-0.39, 0.29) is 7.33 Å². The molecule has 1 amide bonds. The number of piperazine rings is 1. The number of anilines is 2. The van der Waals surface area contributed by atoms with Gasteiger partial charge >= 0.3 is 0 Å². The summed E-state index contributed by atoms with van der Waals surface area (Å²) in [6.07, 6.45) is 2.78. The molecule has 1 N–H and O–H groups in total. The van der Waals surface area contributed by atoms with Crippen LogP contribution in [0, 0.1) is 0 Å². The van der Waals surface area contributed by atoms with Gasteiger partial charge in [-0.3, -0.25) is 4.79 Å². The summed E-state index contributed by atoms with van der Waals surface area (Å²) in [5.74, 6) is 0.535. The quantitative estimate of drug-likeness (QED) is 0.362. The minimum atomic E-state index is -0.00359. The minimum Gasteiger partial charge on any atom is -0.367 e. The molecule has 1 aliphatic rings. The Hall–Kier alpha value is -4.80. The second-order valence-corrected chi connectivity index (χ2v) is 8.88. The molecule has 1 fully saturated rings. The average molecular weight is 514 g/mol. The van der Waals surface area contributed by atoms with Crippen molar-refractivity contribution in [1.82, 2.24) is 40.0 Å².